The number of thiazole rings is 1. The summed E-state index contributed by atoms with van der Waals surface area (Å²) in [5.74, 6) is -0.878. The highest BCUT2D eigenvalue weighted by atomic mass is 32.1. The highest BCUT2D eigenvalue weighted by molar-refractivity contribution is 7.19. The van der Waals surface area contributed by atoms with Crippen LogP contribution in [-0.2, 0) is 27.2 Å². The van der Waals surface area contributed by atoms with Crippen molar-refractivity contribution in [2.75, 3.05) is 38.8 Å². The standard InChI is InChI=1S/C26H31N3O3S.C4H4O4/c1-31-22-12-11-19(18-23(22)32-2)13-15-27-16-14-24(30)29-17-7-6-10-21-26(29)33-25(28-21)20-8-4-3-5-9-20;5-3(6)1-2-4(7)8/h3-5,8-9,11-12,18,27H,6-7,10,13-17H2,1-2H3;1-2H,(H,5,6)(H,7,8). The first-order valence-corrected chi connectivity index (χ1v) is 14.0. The van der Waals surface area contributed by atoms with Crippen LogP contribution >= 0.6 is 11.3 Å². The Morgan fingerprint density at radius 1 is 0.976 bits per heavy atom. The fraction of sp³-hybridized carbons (Fsp3) is 0.333. The quantitative estimate of drug-likeness (QED) is 0.222. The van der Waals surface area contributed by atoms with E-state index in [1.165, 1.54) is 5.56 Å². The molecule has 3 aromatic rings. The van der Waals surface area contributed by atoms with Gasteiger partial charge in [-0.1, -0.05) is 47.7 Å². The minimum absolute atomic E-state index is 0.167. The number of nitrogens with one attached hydrogen (secondary N) is 1. The zero-order valence-corrected chi connectivity index (χ0v) is 24.0. The monoisotopic (exact) mass is 581 g/mol. The Morgan fingerprint density at radius 2 is 1.68 bits per heavy atom. The number of aryl methyl sites for hydroxylation is 1. The van der Waals surface area contributed by atoms with Crippen LogP contribution in [0.4, 0.5) is 5.00 Å². The predicted molar refractivity (Wildman–Crippen MR) is 158 cm³/mol. The summed E-state index contributed by atoms with van der Waals surface area (Å²) in [6.07, 6.45) is 5.47. The van der Waals surface area contributed by atoms with Crippen molar-refractivity contribution in [2.24, 2.45) is 0 Å². The Labute approximate surface area is 243 Å². The lowest BCUT2D eigenvalue weighted by atomic mass is 10.1. The molecule has 11 heteroatoms. The Bertz CT molecular complexity index is 1330. The molecule has 3 N–H and O–H groups in total. The number of aliphatic carboxylic acids is 2. The Hall–Kier alpha value is -4.22. The fourth-order valence-corrected chi connectivity index (χ4v) is 5.35. The number of aromatic nitrogens is 1. The van der Waals surface area contributed by atoms with Crippen LogP contribution in [0, 0.1) is 0 Å². The maximum absolute atomic E-state index is 13.1. The highest BCUT2D eigenvalue weighted by Gasteiger charge is 2.25. The van der Waals surface area contributed by atoms with Gasteiger partial charge in [0.15, 0.2) is 11.5 Å². The first-order chi connectivity index (χ1) is 19.8. The average molecular weight is 582 g/mol. The molecule has 0 bridgehead atoms. The fourth-order valence-electron chi connectivity index (χ4n) is 4.19. The van der Waals surface area contributed by atoms with Crippen molar-refractivity contribution in [3.63, 3.8) is 0 Å². The highest BCUT2D eigenvalue weighted by Crippen LogP contribution is 2.37. The van der Waals surface area contributed by atoms with Crippen molar-refractivity contribution in [3.05, 3.63) is 71.9 Å². The van der Waals surface area contributed by atoms with E-state index < -0.39 is 11.9 Å². The number of carboxylic acids is 2. The van der Waals surface area contributed by atoms with Gasteiger partial charge in [0.1, 0.15) is 10.0 Å². The van der Waals surface area contributed by atoms with Gasteiger partial charge in [0.05, 0.1) is 19.9 Å². The number of nitrogens with zero attached hydrogens (tertiary/aromatic N) is 2. The number of methoxy groups -OCH3 is 2. The third-order valence-electron chi connectivity index (χ3n) is 6.21. The number of carbonyl (C=O) groups excluding carboxylic acids is 1. The molecule has 0 saturated carbocycles. The van der Waals surface area contributed by atoms with Gasteiger partial charge in [-0.3, -0.25) is 4.79 Å². The second kappa shape index (κ2) is 16.1. The molecule has 0 fully saturated rings. The summed E-state index contributed by atoms with van der Waals surface area (Å²) in [5.41, 5.74) is 3.34. The molecule has 1 aliphatic heterocycles. The van der Waals surface area contributed by atoms with Crippen molar-refractivity contribution in [2.45, 2.75) is 32.1 Å². The SMILES string of the molecule is COc1ccc(CCNCCC(=O)N2CCCCc3nc(-c4ccccc4)sc32)cc1OC.O=C(O)C=CC(=O)O. The first kappa shape index (κ1) is 31.3. The molecule has 2 aromatic carbocycles. The second-order valence-corrected chi connectivity index (χ2v) is 10.1. The smallest absolute Gasteiger partial charge is 0.328 e. The lowest BCUT2D eigenvalue weighted by Gasteiger charge is -2.20. The molecule has 0 saturated heterocycles. The predicted octanol–water partition coefficient (Wildman–Crippen LogP) is 4.43. The summed E-state index contributed by atoms with van der Waals surface area (Å²) in [5, 5.41) is 21.1. The summed E-state index contributed by atoms with van der Waals surface area (Å²) in [6, 6.07) is 16.2. The summed E-state index contributed by atoms with van der Waals surface area (Å²) >= 11 is 1.64. The number of carbonyl (C=O) groups is 3. The summed E-state index contributed by atoms with van der Waals surface area (Å²) < 4.78 is 10.7. The van der Waals surface area contributed by atoms with E-state index in [-0.39, 0.29) is 5.91 Å². The van der Waals surface area contributed by atoms with Gasteiger partial charge in [-0.25, -0.2) is 14.6 Å². The molecule has 0 aliphatic carbocycles. The maximum Gasteiger partial charge on any atom is 0.328 e. The lowest BCUT2D eigenvalue weighted by Crippen LogP contribution is -2.33. The third kappa shape index (κ3) is 9.73. The third-order valence-corrected chi connectivity index (χ3v) is 7.38. The molecule has 0 radical (unpaired) electrons. The Balaban J connectivity index is 0.000000507. The van der Waals surface area contributed by atoms with Crippen LogP contribution in [0.25, 0.3) is 10.6 Å². The molecule has 4 rings (SSSR count). The average Bonchev–Trinajstić information content (AvgIpc) is 3.30. The minimum Gasteiger partial charge on any atom is -0.493 e. The van der Waals surface area contributed by atoms with Crippen LogP contribution < -0.4 is 19.7 Å². The molecule has 0 unspecified atom stereocenters. The number of hydrogen-bond acceptors (Lipinski definition) is 8. The van der Waals surface area contributed by atoms with Crippen LogP contribution in [0.5, 0.6) is 11.5 Å². The van der Waals surface area contributed by atoms with E-state index in [0.717, 1.165) is 71.5 Å². The normalized spacial score (nSPS) is 12.6. The molecule has 1 aliphatic rings. The van der Waals surface area contributed by atoms with E-state index in [1.807, 2.05) is 41.3 Å². The summed E-state index contributed by atoms with van der Waals surface area (Å²) in [7, 11) is 3.28. The van der Waals surface area contributed by atoms with Crippen LogP contribution in [0.1, 0.15) is 30.5 Å². The van der Waals surface area contributed by atoms with Gasteiger partial charge in [-0.15, -0.1) is 0 Å². The first-order valence-electron chi connectivity index (χ1n) is 13.2. The van der Waals surface area contributed by atoms with Gasteiger partial charge in [0.2, 0.25) is 5.91 Å². The molecule has 0 atom stereocenters. The Morgan fingerprint density at radius 3 is 2.34 bits per heavy atom. The molecule has 10 nitrogen and oxygen atoms in total. The lowest BCUT2D eigenvalue weighted by molar-refractivity contribution is -0.134. The van der Waals surface area contributed by atoms with Crippen LogP contribution in [0.15, 0.2) is 60.7 Å². The number of benzene rings is 2. The van der Waals surface area contributed by atoms with Crippen LogP contribution in [0.2, 0.25) is 0 Å². The maximum atomic E-state index is 13.1. The molecule has 0 spiro atoms. The van der Waals surface area contributed by atoms with E-state index in [1.54, 1.807) is 25.6 Å². The minimum atomic E-state index is -1.26. The van der Waals surface area contributed by atoms with E-state index in [2.05, 4.69) is 17.4 Å². The molecule has 2 heterocycles. The Kier molecular flexibility index (Phi) is 12.3. The van der Waals surface area contributed by atoms with Crippen molar-refractivity contribution >= 4 is 34.2 Å². The van der Waals surface area contributed by atoms with Crippen molar-refractivity contribution < 1.29 is 34.1 Å². The number of amides is 1. The molecule has 1 amide bonds. The number of carboxylic acid groups (broad SMARTS) is 2. The van der Waals surface area contributed by atoms with E-state index in [4.69, 9.17) is 24.7 Å². The van der Waals surface area contributed by atoms with Gasteiger partial charge in [-0.2, -0.15) is 0 Å². The molecular formula is C30H35N3O7S. The summed E-state index contributed by atoms with van der Waals surface area (Å²) in [6.45, 7) is 2.23. The largest absolute Gasteiger partial charge is 0.493 e. The van der Waals surface area contributed by atoms with Gasteiger partial charge >= 0.3 is 11.9 Å². The van der Waals surface area contributed by atoms with Crippen molar-refractivity contribution in [3.8, 4) is 22.1 Å². The van der Waals surface area contributed by atoms with Crippen LogP contribution in [-0.4, -0.2) is 66.9 Å². The van der Waals surface area contributed by atoms with Crippen molar-refractivity contribution in [1.29, 1.82) is 0 Å². The topological polar surface area (TPSA) is 138 Å². The number of fused-ring (bicyclic) bond motifs is 1. The number of rotatable bonds is 11. The van der Waals surface area contributed by atoms with E-state index in [0.29, 0.717) is 25.1 Å². The van der Waals surface area contributed by atoms with Gasteiger partial charge in [0.25, 0.3) is 0 Å². The zero-order valence-electron chi connectivity index (χ0n) is 23.2. The second-order valence-electron chi connectivity index (χ2n) is 9.09. The van der Waals surface area contributed by atoms with Gasteiger partial charge in [0, 0.05) is 37.2 Å². The van der Waals surface area contributed by atoms with Crippen molar-refractivity contribution in [1.82, 2.24) is 10.3 Å². The molecular weight excluding hydrogens is 546 g/mol. The van der Waals surface area contributed by atoms with Gasteiger partial charge in [-0.05, 0) is 49.9 Å². The molecule has 41 heavy (non-hydrogen) atoms. The number of ether oxygens (including phenoxy) is 2. The van der Waals surface area contributed by atoms with E-state index >= 15 is 0 Å². The van der Waals surface area contributed by atoms with E-state index in [9.17, 15) is 14.4 Å². The zero-order chi connectivity index (χ0) is 29.6. The van der Waals surface area contributed by atoms with Gasteiger partial charge < -0.3 is 29.9 Å². The number of anilines is 1. The molecule has 218 valence electrons. The van der Waals surface area contributed by atoms with Crippen LogP contribution in [0.3, 0.4) is 0 Å². The number of hydrogen-bond donors (Lipinski definition) is 3. The molecule has 1 aromatic heterocycles. The summed E-state index contributed by atoms with van der Waals surface area (Å²) in [4.78, 5) is 39.0.